The highest BCUT2D eigenvalue weighted by atomic mass is 35.5. The van der Waals surface area contributed by atoms with Crippen molar-refractivity contribution in [2.75, 3.05) is 0 Å². The highest BCUT2D eigenvalue weighted by Gasteiger charge is 2.24. The lowest BCUT2D eigenvalue weighted by atomic mass is 10.0. The van der Waals surface area contributed by atoms with Gasteiger partial charge in [0.15, 0.2) is 0 Å². The number of rotatable bonds is 3. The van der Waals surface area contributed by atoms with Gasteiger partial charge in [-0.05, 0) is 25.7 Å². The Balaban J connectivity index is 1.98. The third kappa shape index (κ3) is 2.34. The fraction of sp³-hybridized carbons (Fsp3) is 0.727. The van der Waals surface area contributed by atoms with Gasteiger partial charge in [-0.3, -0.25) is 4.68 Å². The quantitative estimate of drug-likeness (QED) is 0.863. The van der Waals surface area contributed by atoms with E-state index in [1.165, 1.54) is 12.8 Å². The van der Waals surface area contributed by atoms with Gasteiger partial charge in [-0.15, -0.1) is 0 Å². The molecule has 0 saturated heterocycles. The van der Waals surface area contributed by atoms with E-state index in [0.717, 1.165) is 18.5 Å². The molecule has 2 rings (SSSR count). The largest absolute Gasteiger partial charge is 0.391 e. The van der Waals surface area contributed by atoms with E-state index in [1.54, 1.807) is 10.9 Å². The van der Waals surface area contributed by atoms with Crippen LogP contribution in [0, 0.1) is 12.8 Å². The minimum atomic E-state index is -0.276. The van der Waals surface area contributed by atoms with Crippen molar-refractivity contribution in [1.82, 2.24) is 9.78 Å². The van der Waals surface area contributed by atoms with Crippen LogP contribution in [0.15, 0.2) is 6.20 Å². The molecule has 0 aliphatic heterocycles. The summed E-state index contributed by atoms with van der Waals surface area (Å²) in [5.41, 5.74) is 0.939. The van der Waals surface area contributed by atoms with Gasteiger partial charge in [-0.1, -0.05) is 24.4 Å². The molecule has 1 atom stereocenters. The molecule has 1 heterocycles. The molecular weight excluding hydrogens is 212 g/mol. The predicted molar refractivity (Wildman–Crippen MR) is 59.9 cm³/mol. The van der Waals surface area contributed by atoms with Crippen LogP contribution in [-0.4, -0.2) is 21.0 Å². The molecular formula is C11H17ClN2O. The normalized spacial score (nSPS) is 19.7. The Hall–Kier alpha value is -0.540. The summed E-state index contributed by atoms with van der Waals surface area (Å²) in [6.45, 7) is 2.50. The van der Waals surface area contributed by atoms with E-state index in [-0.39, 0.29) is 6.10 Å². The lowest BCUT2D eigenvalue weighted by Crippen LogP contribution is -2.24. The van der Waals surface area contributed by atoms with Crippen molar-refractivity contribution in [3.8, 4) is 0 Å². The van der Waals surface area contributed by atoms with E-state index >= 15 is 0 Å². The lowest BCUT2D eigenvalue weighted by molar-refractivity contribution is 0.0887. The molecule has 1 aromatic rings. The summed E-state index contributed by atoms with van der Waals surface area (Å²) >= 11 is 5.91. The summed E-state index contributed by atoms with van der Waals surface area (Å²) in [5, 5.41) is 14.9. The third-order valence-corrected chi connectivity index (χ3v) is 3.72. The van der Waals surface area contributed by atoms with Crippen LogP contribution >= 0.6 is 11.6 Å². The molecule has 1 fully saturated rings. The van der Waals surface area contributed by atoms with Gasteiger partial charge in [-0.25, -0.2) is 0 Å². The van der Waals surface area contributed by atoms with E-state index in [9.17, 15) is 5.11 Å². The molecule has 0 radical (unpaired) electrons. The van der Waals surface area contributed by atoms with Gasteiger partial charge < -0.3 is 5.11 Å². The van der Waals surface area contributed by atoms with Crippen molar-refractivity contribution in [2.45, 2.75) is 45.3 Å². The maximum atomic E-state index is 10.0. The summed E-state index contributed by atoms with van der Waals surface area (Å²) in [4.78, 5) is 0. The van der Waals surface area contributed by atoms with E-state index in [2.05, 4.69) is 5.10 Å². The second-order valence-corrected chi connectivity index (χ2v) is 4.78. The van der Waals surface area contributed by atoms with E-state index in [4.69, 9.17) is 11.6 Å². The topological polar surface area (TPSA) is 38.0 Å². The molecule has 1 aliphatic carbocycles. The van der Waals surface area contributed by atoms with E-state index in [0.29, 0.717) is 17.5 Å². The van der Waals surface area contributed by atoms with Crippen LogP contribution in [0.3, 0.4) is 0 Å². The Morgan fingerprint density at radius 1 is 1.60 bits per heavy atom. The van der Waals surface area contributed by atoms with Crippen molar-refractivity contribution in [3.05, 3.63) is 16.9 Å². The summed E-state index contributed by atoms with van der Waals surface area (Å²) in [6, 6.07) is 0. The van der Waals surface area contributed by atoms with Crippen LogP contribution in [0.25, 0.3) is 0 Å². The Kier molecular flexibility index (Phi) is 3.32. The first kappa shape index (κ1) is 11.0. The molecule has 84 valence electrons. The second kappa shape index (κ2) is 4.54. The first-order valence-corrected chi connectivity index (χ1v) is 5.92. The molecule has 1 unspecified atom stereocenters. The minimum Gasteiger partial charge on any atom is -0.391 e. The molecule has 1 aliphatic rings. The zero-order chi connectivity index (χ0) is 10.8. The summed E-state index contributed by atoms with van der Waals surface area (Å²) in [6.07, 6.45) is 6.16. The van der Waals surface area contributed by atoms with E-state index in [1.807, 2.05) is 6.92 Å². The van der Waals surface area contributed by atoms with Gasteiger partial charge in [0.25, 0.3) is 0 Å². The highest BCUT2D eigenvalue weighted by Crippen LogP contribution is 2.28. The zero-order valence-electron chi connectivity index (χ0n) is 8.99. The minimum absolute atomic E-state index is 0.276. The van der Waals surface area contributed by atoms with Crippen molar-refractivity contribution >= 4 is 11.6 Å². The first-order valence-electron chi connectivity index (χ1n) is 5.54. The number of nitrogens with zero attached hydrogens (tertiary/aromatic N) is 2. The number of hydrogen-bond acceptors (Lipinski definition) is 2. The molecule has 0 spiro atoms. The van der Waals surface area contributed by atoms with Crippen LogP contribution in [0.2, 0.25) is 5.02 Å². The van der Waals surface area contributed by atoms with Crippen molar-refractivity contribution in [3.63, 3.8) is 0 Å². The maximum Gasteiger partial charge on any atom is 0.0814 e. The van der Waals surface area contributed by atoms with Crippen molar-refractivity contribution < 1.29 is 5.11 Å². The van der Waals surface area contributed by atoms with Crippen LogP contribution in [0.1, 0.15) is 31.4 Å². The predicted octanol–water partition coefficient (Wildman–Crippen LogP) is 2.40. The molecule has 4 heteroatoms. The van der Waals surface area contributed by atoms with Gasteiger partial charge in [0.2, 0.25) is 0 Å². The van der Waals surface area contributed by atoms with Gasteiger partial charge in [0.05, 0.1) is 29.6 Å². The number of aromatic nitrogens is 2. The Morgan fingerprint density at radius 2 is 2.27 bits per heavy atom. The van der Waals surface area contributed by atoms with Gasteiger partial charge in [0.1, 0.15) is 0 Å². The van der Waals surface area contributed by atoms with Crippen LogP contribution in [-0.2, 0) is 6.54 Å². The molecule has 1 aromatic heterocycles. The smallest absolute Gasteiger partial charge is 0.0814 e. The number of aliphatic hydroxyl groups is 1. The van der Waals surface area contributed by atoms with Crippen molar-refractivity contribution in [1.29, 1.82) is 0 Å². The number of hydrogen-bond donors (Lipinski definition) is 1. The highest BCUT2D eigenvalue weighted by molar-refractivity contribution is 6.31. The number of halogens is 1. The second-order valence-electron chi connectivity index (χ2n) is 4.37. The average molecular weight is 229 g/mol. The zero-order valence-corrected chi connectivity index (χ0v) is 9.74. The fourth-order valence-corrected chi connectivity index (χ4v) is 2.42. The fourth-order valence-electron chi connectivity index (χ4n) is 2.28. The molecule has 0 bridgehead atoms. The first-order chi connectivity index (χ1) is 7.18. The van der Waals surface area contributed by atoms with E-state index < -0.39 is 0 Å². The molecule has 1 saturated carbocycles. The lowest BCUT2D eigenvalue weighted by Gasteiger charge is -2.18. The maximum absolute atomic E-state index is 10.0. The van der Waals surface area contributed by atoms with Gasteiger partial charge in [0, 0.05) is 0 Å². The van der Waals surface area contributed by atoms with Crippen LogP contribution in [0.4, 0.5) is 0 Å². The SMILES string of the molecule is Cc1c(Cl)cnn1CC(O)C1CCCC1. The Labute approximate surface area is 95.0 Å². The Bertz CT molecular complexity index is 331. The van der Waals surface area contributed by atoms with Crippen LogP contribution < -0.4 is 0 Å². The van der Waals surface area contributed by atoms with Gasteiger partial charge in [-0.2, -0.15) is 5.10 Å². The summed E-state index contributed by atoms with van der Waals surface area (Å²) in [5.74, 6) is 0.451. The molecule has 1 N–H and O–H groups in total. The molecule has 3 nitrogen and oxygen atoms in total. The molecule has 0 aromatic carbocycles. The average Bonchev–Trinajstić information content (AvgIpc) is 2.83. The van der Waals surface area contributed by atoms with Crippen LogP contribution in [0.5, 0.6) is 0 Å². The molecule has 15 heavy (non-hydrogen) atoms. The third-order valence-electron chi connectivity index (χ3n) is 3.35. The Morgan fingerprint density at radius 3 is 2.80 bits per heavy atom. The standard InChI is InChI=1S/C11H17ClN2O/c1-8-10(12)6-13-14(8)7-11(15)9-4-2-3-5-9/h6,9,11,15H,2-5,7H2,1H3. The van der Waals surface area contributed by atoms with Crippen molar-refractivity contribution in [2.24, 2.45) is 5.92 Å². The molecule has 0 amide bonds. The summed E-state index contributed by atoms with van der Waals surface area (Å²) in [7, 11) is 0. The van der Waals surface area contributed by atoms with Gasteiger partial charge >= 0.3 is 0 Å². The summed E-state index contributed by atoms with van der Waals surface area (Å²) < 4.78 is 1.80. The monoisotopic (exact) mass is 228 g/mol. The number of aliphatic hydroxyl groups excluding tert-OH is 1.